The molecule has 0 radical (unpaired) electrons. The summed E-state index contributed by atoms with van der Waals surface area (Å²) < 4.78 is 7.02. The Labute approximate surface area is 141 Å². The highest BCUT2D eigenvalue weighted by atomic mass is 16.5. The average molecular weight is 332 g/mol. The number of hydrogen-bond donors (Lipinski definition) is 2. The Balaban J connectivity index is 1.66. The van der Waals surface area contributed by atoms with Gasteiger partial charge in [-0.05, 0) is 39.0 Å². The third kappa shape index (κ3) is 3.48. The molecule has 0 bridgehead atoms. The number of H-pyrrole nitrogens is 1. The molecular formula is C16H24N6O2. The quantitative estimate of drug-likeness (QED) is 0.747. The van der Waals surface area contributed by atoms with Gasteiger partial charge in [0.15, 0.2) is 11.5 Å². The van der Waals surface area contributed by atoms with Crippen molar-refractivity contribution in [2.75, 3.05) is 13.7 Å². The first kappa shape index (κ1) is 16.6. The monoisotopic (exact) mass is 332 g/mol. The van der Waals surface area contributed by atoms with E-state index in [1.165, 1.54) is 0 Å². The molecule has 2 aromatic rings. The summed E-state index contributed by atoms with van der Waals surface area (Å²) in [5, 5.41) is 18.3. The lowest BCUT2D eigenvalue weighted by Gasteiger charge is -2.15. The Kier molecular flexibility index (Phi) is 5.24. The zero-order chi connectivity index (χ0) is 16.9. The summed E-state index contributed by atoms with van der Waals surface area (Å²) in [5.74, 6) is 0.581. The van der Waals surface area contributed by atoms with Crippen molar-refractivity contribution in [3.05, 3.63) is 29.1 Å². The number of rotatable bonds is 7. The van der Waals surface area contributed by atoms with E-state index >= 15 is 0 Å². The van der Waals surface area contributed by atoms with E-state index in [0.717, 1.165) is 55.7 Å². The number of methoxy groups -OCH3 is 1. The van der Waals surface area contributed by atoms with Crippen LogP contribution in [0.25, 0.3) is 0 Å². The minimum absolute atomic E-state index is 0.159. The van der Waals surface area contributed by atoms with Gasteiger partial charge in [-0.25, -0.2) is 0 Å². The Morgan fingerprint density at radius 3 is 3.12 bits per heavy atom. The van der Waals surface area contributed by atoms with Gasteiger partial charge >= 0.3 is 0 Å². The van der Waals surface area contributed by atoms with Crippen LogP contribution in [0.1, 0.15) is 59.8 Å². The zero-order valence-corrected chi connectivity index (χ0v) is 14.2. The van der Waals surface area contributed by atoms with E-state index < -0.39 is 0 Å². The van der Waals surface area contributed by atoms with Crippen molar-refractivity contribution in [1.29, 1.82) is 0 Å². The standard InChI is InChI=1S/C16H24N6O2/c1-11(15-21-17-10-22(15)8-5-9-24-2)18-16(23)14-12-6-3-4-7-13(12)19-20-14/h10-11H,3-9H2,1-2H3,(H,18,23)(H,19,20). The number of amides is 1. The fourth-order valence-electron chi connectivity index (χ4n) is 3.15. The second-order valence-electron chi connectivity index (χ2n) is 6.16. The average Bonchev–Trinajstić information content (AvgIpc) is 3.21. The molecule has 8 nitrogen and oxygen atoms in total. The summed E-state index contributed by atoms with van der Waals surface area (Å²) in [7, 11) is 1.68. The highest BCUT2D eigenvalue weighted by Gasteiger charge is 2.24. The highest BCUT2D eigenvalue weighted by molar-refractivity contribution is 5.94. The maximum atomic E-state index is 12.6. The molecule has 1 aliphatic carbocycles. The maximum absolute atomic E-state index is 12.6. The molecule has 24 heavy (non-hydrogen) atoms. The number of aromatic nitrogens is 5. The van der Waals surface area contributed by atoms with Gasteiger partial charge in [0.1, 0.15) is 6.33 Å². The molecule has 3 rings (SSSR count). The molecule has 1 amide bonds. The zero-order valence-electron chi connectivity index (χ0n) is 14.2. The highest BCUT2D eigenvalue weighted by Crippen LogP contribution is 2.22. The number of ether oxygens (including phenoxy) is 1. The van der Waals surface area contributed by atoms with Gasteiger partial charge in [0.2, 0.25) is 0 Å². The van der Waals surface area contributed by atoms with Crippen molar-refractivity contribution < 1.29 is 9.53 Å². The van der Waals surface area contributed by atoms with Gasteiger partial charge < -0.3 is 14.6 Å². The van der Waals surface area contributed by atoms with E-state index in [9.17, 15) is 4.79 Å². The minimum atomic E-state index is -0.238. The van der Waals surface area contributed by atoms with Crippen LogP contribution in [0.3, 0.4) is 0 Å². The van der Waals surface area contributed by atoms with E-state index in [4.69, 9.17) is 4.74 Å². The lowest BCUT2D eigenvalue weighted by Crippen LogP contribution is -2.30. The van der Waals surface area contributed by atoms with Gasteiger partial charge in [-0.1, -0.05) is 0 Å². The summed E-state index contributed by atoms with van der Waals surface area (Å²) in [4.78, 5) is 12.6. The molecule has 8 heteroatoms. The molecule has 0 aliphatic heterocycles. The molecule has 0 aromatic carbocycles. The van der Waals surface area contributed by atoms with Gasteiger partial charge in [0.25, 0.3) is 5.91 Å². The number of aromatic amines is 1. The Hall–Kier alpha value is -2.22. The van der Waals surface area contributed by atoms with Gasteiger partial charge in [0.05, 0.1) is 6.04 Å². The minimum Gasteiger partial charge on any atom is -0.385 e. The number of hydrogen-bond acceptors (Lipinski definition) is 5. The van der Waals surface area contributed by atoms with Gasteiger partial charge in [0, 0.05) is 31.5 Å². The van der Waals surface area contributed by atoms with E-state index in [0.29, 0.717) is 12.3 Å². The third-order valence-electron chi connectivity index (χ3n) is 4.40. The molecule has 1 aliphatic rings. The van der Waals surface area contributed by atoms with Crippen molar-refractivity contribution in [2.24, 2.45) is 0 Å². The summed E-state index contributed by atoms with van der Waals surface area (Å²) in [6.45, 7) is 3.35. The van der Waals surface area contributed by atoms with Crippen molar-refractivity contribution in [2.45, 2.75) is 51.6 Å². The number of aryl methyl sites for hydroxylation is 2. The number of nitrogens with zero attached hydrogens (tertiary/aromatic N) is 4. The molecular weight excluding hydrogens is 308 g/mol. The molecule has 2 N–H and O–H groups in total. The normalized spacial score (nSPS) is 15.1. The lowest BCUT2D eigenvalue weighted by atomic mass is 9.95. The molecule has 0 saturated heterocycles. The summed E-state index contributed by atoms with van der Waals surface area (Å²) >= 11 is 0. The second kappa shape index (κ2) is 7.57. The predicted octanol–water partition coefficient (Wildman–Crippen LogP) is 1.41. The third-order valence-corrected chi connectivity index (χ3v) is 4.40. The van der Waals surface area contributed by atoms with Gasteiger partial charge in [-0.3, -0.25) is 9.89 Å². The lowest BCUT2D eigenvalue weighted by molar-refractivity contribution is 0.0931. The summed E-state index contributed by atoms with van der Waals surface area (Å²) in [6, 6.07) is -0.238. The largest absolute Gasteiger partial charge is 0.385 e. The van der Waals surface area contributed by atoms with Crippen LogP contribution in [0, 0.1) is 0 Å². The molecule has 0 saturated carbocycles. The molecule has 1 unspecified atom stereocenters. The molecule has 2 aromatic heterocycles. The van der Waals surface area contributed by atoms with Gasteiger partial charge in [-0.15, -0.1) is 10.2 Å². The van der Waals surface area contributed by atoms with Crippen LogP contribution in [0.5, 0.6) is 0 Å². The van der Waals surface area contributed by atoms with Crippen molar-refractivity contribution in [3.63, 3.8) is 0 Å². The van der Waals surface area contributed by atoms with Crippen molar-refractivity contribution in [3.8, 4) is 0 Å². The molecule has 0 fully saturated rings. The predicted molar refractivity (Wildman–Crippen MR) is 87.6 cm³/mol. The van der Waals surface area contributed by atoms with Crippen LogP contribution < -0.4 is 5.32 Å². The molecule has 1 atom stereocenters. The topological polar surface area (TPSA) is 97.7 Å². The first-order chi connectivity index (χ1) is 11.7. The number of nitrogens with one attached hydrogen (secondary N) is 2. The van der Waals surface area contributed by atoms with Gasteiger partial charge in [-0.2, -0.15) is 5.10 Å². The fraction of sp³-hybridized carbons (Fsp3) is 0.625. The smallest absolute Gasteiger partial charge is 0.272 e. The molecule has 130 valence electrons. The first-order valence-corrected chi connectivity index (χ1v) is 8.44. The van der Waals surface area contributed by atoms with Crippen LogP contribution in [0.15, 0.2) is 6.33 Å². The van der Waals surface area contributed by atoms with E-state index in [1.54, 1.807) is 13.4 Å². The van der Waals surface area contributed by atoms with Crippen LogP contribution in [0.2, 0.25) is 0 Å². The molecule has 2 heterocycles. The van der Waals surface area contributed by atoms with Crippen molar-refractivity contribution in [1.82, 2.24) is 30.3 Å². The van der Waals surface area contributed by atoms with E-state index in [-0.39, 0.29) is 11.9 Å². The van der Waals surface area contributed by atoms with E-state index in [2.05, 4.69) is 25.7 Å². The number of carbonyl (C=O) groups is 1. The van der Waals surface area contributed by atoms with Crippen molar-refractivity contribution >= 4 is 5.91 Å². The van der Waals surface area contributed by atoms with Crippen LogP contribution in [-0.4, -0.2) is 44.6 Å². The van der Waals surface area contributed by atoms with Crippen LogP contribution >= 0.6 is 0 Å². The fourth-order valence-corrected chi connectivity index (χ4v) is 3.15. The van der Waals surface area contributed by atoms with Crippen LogP contribution in [-0.2, 0) is 24.1 Å². The number of fused-ring (bicyclic) bond motifs is 1. The van der Waals surface area contributed by atoms with Crippen LogP contribution in [0.4, 0.5) is 0 Å². The Morgan fingerprint density at radius 2 is 2.29 bits per heavy atom. The molecule has 0 spiro atoms. The first-order valence-electron chi connectivity index (χ1n) is 8.44. The second-order valence-corrected chi connectivity index (χ2v) is 6.16. The maximum Gasteiger partial charge on any atom is 0.272 e. The summed E-state index contributed by atoms with van der Waals surface area (Å²) in [6.07, 6.45) is 6.70. The SMILES string of the molecule is COCCCn1cnnc1C(C)NC(=O)c1n[nH]c2c1CCCC2. The van der Waals surface area contributed by atoms with E-state index in [1.807, 2.05) is 11.5 Å². The number of carbonyl (C=O) groups excluding carboxylic acids is 1. The Morgan fingerprint density at radius 1 is 1.46 bits per heavy atom. The summed E-state index contributed by atoms with van der Waals surface area (Å²) in [5.41, 5.74) is 2.68. The Bertz CT molecular complexity index is 693.